The summed E-state index contributed by atoms with van der Waals surface area (Å²) in [5.74, 6) is 0. The van der Waals surface area contributed by atoms with E-state index in [1.54, 1.807) is 0 Å². The van der Waals surface area contributed by atoms with E-state index in [1.165, 1.54) is 15.3 Å². The molecule has 0 N–H and O–H groups in total. The maximum Gasteiger partial charge on any atom is 0.00887 e. The molecular formula is C11H18S2. The molecule has 0 aromatic carbocycles. The molecule has 1 heterocycles. The Morgan fingerprint density at radius 2 is 2.08 bits per heavy atom. The van der Waals surface area contributed by atoms with Gasteiger partial charge in [0.2, 0.25) is 0 Å². The summed E-state index contributed by atoms with van der Waals surface area (Å²) in [5.41, 5.74) is 1.31. The van der Waals surface area contributed by atoms with Gasteiger partial charge in [-0.15, -0.1) is 11.3 Å². The standard InChI is InChI=1S/C9H12S2.C2H6/c1-7(6-10)5-9-4-3-8(2)11-9;1-2/h3-4,6,10H,5H2,1-2H3;1-2H3/b7-6+;. The Kier molecular flexibility index (Phi) is 7.10. The molecule has 0 amide bonds. The third-order valence-electron chi connectivity index (χ3n) is 1.47. The Balaban J connectivity index is 0.000000671. The van der Waals surface area contributed by atoms with Gasteiger partial charge < -0.3 is 0 Å². The monoisotopic (exact) mass is 214 g/mol. The largest absolute Gasteiger partial charge is 0.151 e. The number of aryl methyl sites for hydroxylation is 1. The van der Waals surface area contributed by atoms with Crippen molar-refractivity contribution in [2.45, 2.75) is 34.1 Å². The lowest BCUT2D eigenvalue weighted by Crippen LogP contribution is -1.79. The van der Waals surface area contributed by atoms with Crippen molar-refractivity contribution >= 4 is 24.0 Å². The van der Waals surface area contributed by atoms with E-state index in [0.29, 0.717) is 0 Å². The molecule has 1 rings (SSSR count). The predicted octanol–water partition coefficient (Wildman–Crippen LogP) is 4.46. The summed E-state index contributed by atoms with van der Waals surface area (Å²) in [6.45, 7) is 8.23. The number of allylic oxidation sites excluding steroid dienone is 1. The molecule has 1 aromatic heterocycles. The molecule has 0 aliphatic heterocycles. The average Bonchev–Trinajstić information content (AvgIpc) is 2.54. The van der Waals surface area contributed by atoms with Crippen LogP contribution in [-0.2, 0) is 6.42 Å². The summed E-state index contributed by atoms with van der Waals surface area (Å²) in [7, 11) is 0. The predicted molar refractivity (Wildman–Crippen MR) is 66.9 cm³/mol. The zero-order valence-corrected chi connectivity index (χ0v) is 10.5. The van der Waals surface area contributed by atoms with Gasteiger partial charge in [0, 0.05) is 16.2 Å². The van der Waals surface area contributed by atoms with E-state index in [0.717, 1.165) is 6.42 Å². The molecule has 0 unspecified atom stereocenters. The lowest BCUT2D eigenvalue weighted by molar-refractivity contribution is 1.19. The minimum absolute atomic E-state index is 1.04. The topological polar surface area (TPSA) is 0 Å². The van der Waals surface area contributed by atoms with Crippen LogP contribution in [0.2, 0.25) is 0 Å². The molecule has 0 atom stereocenters. The Bertz CT molecular complexity index is 259. The fraction of sp³-hybridized carbons (Fsp3) is 0.455. The van der Waals surface area contributed by atoms with Crippen LogP contribution in [-0.4, -0.2) is 0 Å². The van der Waals surface area contributed by atoms with Crippen LogP contribution in [0.15, 0.2) is 23.1 Å². The molecule has 2 heteroatoms. The van der Waals surface area contributed by atoms with Crippen LogP contribution >= 0.6 is 24.0 Å². The Labute approximate surface area is 91.1 Å². The van der Waals surface area contributed by atoms with Crippen molar-refractivity contribution in [1.29, 1.82) is 0 Å². The van der Waals surface area contributed by atoms with Gasteiger partial charge in [0.05, 0.1) is 0 Å². The summed E-state index contributed by atoms with van der Waals surface area (Å²) in [6.07, 6.45) is 1.04. The lowest BCUT2D eigenvalue weighted by atomic mass is 10.2. The van der Waals surface area contributed by atoms with Crippen molar-refractivity contribution in [3.63, 3.8) is 0 Å². The molecule has 0 nitrogen and oxygen atoms in total. The lowest BCUT2D eigenvalue weighted by Gasteiger charge is -1.94. The van der Waals surface area contributed by atoms with Crippen LogP contribution in [0.5, 0.6) is 0 Å². The molecular weight excluding hydrogens is 196 g/mol. The summed E-state index contributed by atoms with van der Waals surface area (Å²) < 4.78 is 0. The molecule has 13 heavy (non-hydrogen) atoms. The first-order chi connectivity index (χ1) is 6.22. The fourth-order valence-electron chi connectivity index (χ4n) is 0.901. The van der Waals surface area contributed by atoms with E-state index in [4.69, 9.17) is 0 Å². The van der Waals surface area contributed by atoms with E-state index in [2.05, 4.69) is 38.6 Å². The number of rotatable bonds is 2. The van der Waals surface area contributed by atoms with Gasteiger partial charge in [-0.05, 0) is 31.4 Å². The minimum atomic E-state index is 1.04. The second-order valence-electron chi connectivity index (χ2n) is 2.66. The van der Waals surface area contributed by atoms with Crippen LogP contribution in [0, 0.1) is 6.92 Å². The molecule has 0 saturated carbocycles. The molecule has 1 aromatic rings. The van der Waals surface area contributed by atoms with Crippen LogP contribution in [0.3, 0.4) is 0 Å². The van der Waals surface area contributed by atoms with E-state index in [-0.39, 0.29) is 0 Å². The number of hydrogen-bond acceptors (Lipinski definition) is 2. The highest BCUT2D eigenvalue weighted by atomic mass is 32.1. The van der Waals surface area contributed by atoms with Crippen molar-refractivity contribution < 1.29 is 0 Å². The molecule has 0 saturated heterocycles. The second kappa shape index (κ2) is 7.22. The number of thiol groups is 1. The first kappa shape index (κ1) is 12.8. The van der Waals surface area contributed by atoms with Gasteiger partial charge in [0.25, 0.3) is 0 Å². The molecule has 0 spiro atoms. The third kappa shape index (κ3) is 5.17. The maximum atomic E-state index is 4.10. The summed E-state index contributed by atoms with van der Waals surface area (Å²) in [6, 6.07) is 4.34. The number of hydrogen-bond donors (Lipinski definition) is 1. The first-order valence-corrected chi connectivity index (χ1v) is 5.91. The van der Waals surface area contributed by atoms with Crippen molar-refractivity contribution in [2.75, 3.05) is 0 Å². The molecule has 74 valence electrons. The van der Waals surface area contributed by atoms with Gasteiger partial charge in [0.15, 0.2) is 0 Å². The second-order valence-corrected chi connectivity index (χ2v) is 4.30. The highest BCUT2D eigenvalue weighted by molar-refractivity contribution is 7.83. The highest BCUT2D eigenvalue weighted by Crippen LogP contribution is 2.18. The molecule has 0 aliphatic rings. The quantitative estimate of drug-likeness (QED) is 0.690. The van der Waals surface area contributed by atoms with Crippen LogP contribution in [0.4, 0.5) is 0 Å². The van der Waals surface area contributed by atoms with Gasteiger partial charge in [-0.1, -0.05) is 19.4 Å². The Morgan fingerprint density at radius 1 is 1.46 bits per heavy atom. The first-order valence-electron chi connectivity index (χ1n) is 4.57. The highest BCUT2D eigenvalue weighted by Gasteiger charge is 1.96. The van der Waals surface area contributed by atoms with Crippen molar-refractivity contribution in [2.24, 2.45) is 0 Å². The van der Waals surface area contributed by atoms with Crippen molar-refractivity contribution in [1.82, 2.24) is 0 Å². The van der Waals surface area contributed by atoms with Gasteiger partial charge in [-0.3, -0.25) is 0 Å². The molecule has 0 radical (unpaired) electrons. The van der Waals surface area contributed by atoms with Crippen LogP contribution in [0.25, 0.3) is 0 Å². The smallest absolute Gasteiger partial charge is 0.00887 e. The normalized spacial score (nSPS) is 10.7. The SMILES string of the molecule is C/C(=C\S)Cc1ccc(C)s1.CC. The van der Waals surface area contributed by atoms with Crippen molar-refractivity contribution in [3.8, 4) is 0 Å². The zero-order valence-electron chi connectivity index (χ0n) is 8.79. The molecule has 0 aliphatic carbocycles. The van der Waals surface area contributed by atoms with Gasteiger partial charge in [-0.25, -0.2) is 0 Å². The minimum Gasteiger partial charge on any atom is -0.151 e. The van der Waals surface area contributed by atoms with Gasteiger partial charge >= 0.3 is 0 Å². The zero-order chi connectivity index (χ0) is 10.3. The molecule has 0 fully saturated rings. The van der Waals surface area contributed by atoms with Gasteiger partial charge in [0.1, 0.15) is 0 Å². The van der Waals surface area contributed by atoms with E-state index in [9.17, 15) is 0 Å². The van der Waals surface area contributed by atoms with E-state index >= 15 is 0 Å². The van der Waals surface area contributed by atoms with Gasteiger partial charge in [-0.2, -0.15) is 12.6 Å². The number of thiophene rings is 1. The van der Waals surface area contributed by atoms with Crippen LogP contribution in [0.1, 0.15) is 30.5 Å². The maximum absolute atomic E-state index is 4.10. The van der Waals surface area contributed by atoms with E-state index < -0.39 is 0 Å². The Hall–Kier alpha value is -0.210. The summed E-state index contributed by atoms with van der Waals surface area (Å²) >= 11 is 5.95. The Morgan fingerprint density at radius 3 is 2.46 bits per heavy atom. The van der Waals surface area contributed by atoms with Crippen LogP contribution < -0.4 is 0 Å². The van der Waals surface area contributed by atoms with E-state index in [1.807, 2.05) is 30.6 Å². The summed E-state index contributed by atoms with van der Waals surface area (Å²) in [4.78, 5) is 2.80. The average molecular weight is 214 g/mol. The molecule has 0 bridgehead atoms. The third-order valence-corrected chi connectivity index (χ3v) is 2.91. The summed E-state index contributed by atoms with van der Waals surface area (Å²) in [5, 5.41) is 1.87. The fourth-order valence-corrected chi connectivity index (χ4v) is 1.98. The van der Waals surface area contributed by atoms with Crippen molar-refractivity contribution in [3.05, 3.63) is 32.9 Å².